The number of aromatic nitrogens is 2. The second kappa shape index (κ2) is 11.5. The van der Waals surface area contributed by atoms with Crippen molar-refractivity contribution in [3.63, 3.8) is 0 Å². The van der Waals surface area contributed by atoms with Gasteiger partial charge in [0.25, 0.3) is 0 Å². The van der Waals surface area contributed by atoms with Crippen molar-refractivity contribution in [2.75, 3.05) is 0 Å². The van der Waals surface area contributed by atoms with Crippen molar-refractivity contribution in [3.8, 4) is 11.1 Å². The van der Waals surface area contributed by atoms with E-state index in [0.29, 0.717) is 0 Å². The molecule has 3 aromatic carbocycles. The fourth-order valence-electron chi connectivity index (χ4n) is 3.86. The first-order valence-electron chi connectivity index (χ1n) is 12.5. The van der Waals surface area contributed by atoms with Crippen molar-refractivity contribution >= 4 is 42.3 Å². The van der Waals surface area contributed by atoms with Crippen LogP contribution in [0.5, 0.6) is 0 Å². The van der Waals surface area contributed by atoms with Crippen LogP contribution in [0.2, 0.25) is 0 Å². The normalized spacial score (nSPS) is 14.8. The van der Waals surface area contributed by atoms with Crippen LogP contribution in [0.4, 0.5) is 50.4 Å². The first-order valence-corrected chi connectivity index (χ1v) is 17.3. The monoisotopic (exact) mass is 756 g/mol. The topological polar surface area (TPSA) is 7.76 Å². The third-order valence-electron chi connectivity index (χ3n) is 5.57. The van der Waals surface area contributed by atoms with Crippen LogP contribution in [-0.4, -0.2) is 0 Å². The van der Waals surface area contributed by atoms with Crippen molar-refractivity contribution in [1.82, 2.24) is 0 Å². The molecule has 0 saturated carbocycles. The molecule has 0 radical (unpaired) electrons. The summed E-state index contributed by atoms with van der Waals surface area (Å²) >= 11 is 3.49. The van der Waals surface area contributed by atoms with Crippen LogP contribution in [-0.2, 0) is 13.1 Å². The van der Waals surface area contributed by atoms with Gasteiger partial charge in [0.1, 0.15) is 0 Å². The minimum atomic E-state index is -10.7. The fourth-order valence-corrected chi connectivity index (χ4v) is 4.12. The molecule has 0 amide bonds. The summed E-state index contributed by atoms with van der Waals surface area (Å²) in [5, 5.41) is 2.57. The Labute approximate surface area is 257 Å². The molecule has 0 aliphatic carbocycles. The van der Waals surface area contributed by atoms with E-state index in [1.54, 1.807) is 0 Å². The molecule has 2 heterocycles. The van der Waals surface area contributed by atoms with Gasteiger partial charge in [-0.2, -0.15) is 0 Å². The van der Waals surface area contributed by atoms with E-state index in [1.165, 1.54) is 33.0 Å². The van der Waals surface area contributed by atoms with Crippen molar-refractivity contribution in [1.29, 1.82) is 0 Å². The van der Waals surface area contributed by atoms with Gasteiger partial charge in [-0.15, -0.1) is 0 Å². The maximum absolute atomic E-state index is 10.7. The molecule has 0 N–H and O–H groups in total. The number of benzene rings is 3. The number of nitrogens with zero attached hydrogens (tertiary/aromatic N) is 2. The first-order chi connectivity index (χ1) is 20.1. The van der Waals surface area contributed by atoms with Gasteiger partial charge in [-0.1, -0.05) is 64.5 Å². The maximum atomic E-state index is 9.87. The Kier molecular flexibility index (Phi) is 9.25. The van der Waals surface area contributed by atoms with Crippen LogP contribution in [0.3, 0.4) is 0 Å². The predicted octanol–water partition coefficient (Wildman–Crippen LogP) is 12.7. The molecule has 246 valence electrons. The van der Waals surface area contributed by atoms with Crippen LogP contribution in [0.1, 0.15) is 11.1 Å². The van der Waals surface area contributed by atoms with Crippen molar-refractivity contribution < 1.29 is 59.5 Å². The molecule has 0 fully saturated rings. The van der Waals surface area contributed by atoms with Gasteiger partial charge in [0, 0.05) is 39.9 Å². The van der Waals surface area contributed by atoms with Crippen LogP contribution >= 0.6 is 31.5 Å². The van der Waals surface area contributed by atoms with Gasteiger partial charge >= 0.3 is 66.0 Å². The second-order valence-corrected chi connectivity index (χ2v) is 14.5. The number of hydrogen-bond donors (Lipinski definition) is 0. The molecular formula is C28H23BrF12N2P2. The van der Waals surface area contributed by atoms with Crippen LogP contribution in [0.25, 0.3) is 21.9 Å². The predicted molar refractivity (Wildman–Crippen MR) is 156 cm³/mol. The zero-order valence-electron chi connectivity index (χ0n) is 22.6. The molecule has 2 nitrogen and oxygen atoms in total. The average molecular weight is 757 g/mol. The first kappa shape index (κ1) is 36.2. The molecule has 0 bridgehead atoms. The number of pyridine rings is 2. The number of halogens is 13. The second-order valence-electron chi connectivity index (χ2n) is 9.74. The third kappa shape index (κ3) is 17.7. The summed E-state index contributed by atoms with van der Waals surface area (Å²) in [6.45, 7) is 1.74. The Morgan fingerprint density at radius 1 is 0.444 bits per heavy atom. The molecule has 0 aliphatic rings. The van der Waals surface area contributed by atoms with Gasteiger partial charge in [0.15, 0.2) is 37.9 Å². The molecule has 17 heteroatoms. The molecule has 5 aromatic rings. The van der Waals surface area contributed by atoms with Crippen LogP contribution in [0.15, 0.2) is 120 Å². The van der Waals surface area contributed by atoms with Crippen molar-refractivity contribution in [3.05, 3.63) is 131 Å². The van der Waals surface area contributed by atoms with Crippen LogP contribution < -0.4 is 9.13 Å². The number of hydrogen-bond acceptors (Lipinski definition) is 0. The summed E-state index contributed by atoms with van der Waals surface area (Å²) in [6.07, 6.45) is 8.61. The summed E-state index contributed by atoms with van der Waals surface area (Å²) < 4.78 is 124. The summed E-state index contributed by atoms with van der Waals surface area (Å²) in [7, 11) is -21.3. The molecule has 2 aromatic heterocycles. The Morgan fingerprint density at radius 2 is 0.800 bits per heavy atom. The zero-order valence-corrected chi connectivity index (χ0v) is 26.0. The van der Waals surface area contributed by atoms with Gasteiger partial charge in [0.2, 0.25) is 0 Å². The standard InChI is InChI=1S/C28H23BrN2.2F6P/c29-28-9-6-22(7-10-28)20-30-15-11-25(12-16-30)26-13-17-31(18-14-26)21-23-5-8-24-3-1-2-4-27(24)19-23;2*1-7(2,3,4,5)6/h1-19H,20-21H2;;/q+2;2*-1. The van der Waals surface area contributed by atoms with Crippen molar-refractivity contribution in [2.24, 2.45) is 0 Å². The van der Waals surface area contributed by atoms with E-state index < -0.39 is 15.6 Å². The minimum absolute atomic E-state index is 0.868. The molecule has 0 atom stereocenters. The van der Waals surface area contributed by atoms with E-state index >= 15 is 0 Å². The third-order valence-corrected chi connectivity index (χ3v) is 6.10. The van der Waals surface area contributed by atoms with Gasteiger partial charge in [-0.05, 0) is 40.1 Å². The number of rotatable bonds is 5. The Hall–Kier alpha value is -3.28. The average Bonchev–Trinajstić information content (AvgIpc) is 2.87. The summed E-state index contributed by atoms with van der Waals surface area (Å²) in [5.74, 6) is 0. The molecule has 0 spiro atoms. The van der Waals surface area contributed by atoms with Crippen LogP contribution in [0, 0.1) is 0 Å². The summed E-state index contributed by atoms with van der Waals surface area (Å²) in [6, 6.07) is 32.4. The van der Waals surface area contributed by atoms with Gasteiger partial charge in [-0.3, -0.25) is 0 Å². The SMILES string of the molecule is Brc1ccc(C[n+]2ccc(-c3cc[n+](Cc4ccc5ccccc5c4)cc3)cc2)cc1.F[P-](F)(F)(F)(F)F.F[P-](F)(F)(F)(F)F. The Bertz CT molecular complexity index is 1710. The molecule has 45 heavy (non-hydrogen) atoms. The molecule has 0 unspecified atom stereocenters. The molecule has 0 aliphatic heterocycles. The van der Waals surface area contributed by atoms with Gasteiger partial charge in [0.05, 0.1) is 0 Å². The molecule has 0 saturated heterocycles. The zero-order chi connectivity index (χ0) is 33.9. The Balaban J connectivity index is 0.000000331. The van der Waals surface area contributed by atoms with E-state index in [1.807, 2.05) is 0 Å². The summed E-state index contributed by atoms with van der Waals surface area (Å²) in [5.41, 5.74) is 5.05. The van der Waals surface area contributed by atoms with Gasteiger partial charge < -0.3 is 0 Å². The fraction of sp³-hybridized carbons (Fsp3) is 0.0714. The molecule has 5 rings (SSSR count). The van der Waals surface area contributed by atoms with Gasteiger partial charge in [-0.25, -0.2) is 9.13 Å². The Morgan fingerprint density at radius 3 is 1.22 bits per heavy atom. The van der Waals surface area contributed by atoms with E-state index in [0.717, 1.165) is 17.6 Å². The quantitative estimate of drug-likeness (QED) is 0.0958. The summed E-state index contributed by atoms with van der Waals surface area (Å²) in [4.78, 5) is 0. The van der Waals surface area contributed by atoms with E-state index in [9.17, 15) is 50.4 Å². The van der Waals surface area contributed by atoms with E-state index in [4.69, 9.17) is 0 Å². The van der Waals surface area contributed by atoms with Crippen molar-refractivity contribution in [2.45, 2.75) is 13.1 Å². The number of fused-ring (bicyclic) bond motifs is 1. The molecular weight excluding hydrogens is 734 g/mol. The van der Waals surface area contributed by atoms with E-state index in [-0.39, 0.29) is 0 Å². The van der Waals surface area contributed by atoms with E-state index in [2.05, 4.69) is 141 Å².